The number of ether oxygens (including phenoxy) is 1. The summed E-state index contributed by atoms with van der Waals surface area (Å²) in [4.78, 5) is 0. The quantitative estimate of drug-likeness (QED) is 0.780. The number of aryl methyl sites for hydroxylation is 1. The van der Waals surface area contributed by atoms with E-state index in [4.69, 9.17) is 4.74 Å². The van der Waals surface area contributed by atoms with Gasteiger partial charge in [0.15, 0.2) is 0 Å². The lowest BCUT2D eigenvalue weighted by Crippen LogP contribution is -2.23. The summed E-state index contributed by atoms with van der Waals surface area (Å²) in [6, 6.07) is 8.37. The van der Waals surface area contributed by atoms with Crippen LogP contribution >= 0.6 is 11.3 Å². The van der Waals surface area contributed by atoms with Gasteiger partial charge in [-0.25, -0.2) is 0 Å². The maximum absolute atomic E-state index is 5.79. The highest BCUT2D eigenvalue weighted by molar-refractivity contribution is 7.07. The van der Waals surface area contributed by atoms with Crippen LogP contribution < -0.4 is 10.1 Å². The van der Waals surface area contributed by atoms with Crippen molar-refractivity contribution in [1.29, 1.82) is 0 Å². The standard InChI is InChI=1S/C16H21NOS/c1-13-4-3-5-16(14(13)2)18-10-9-17-8-6-15-7-11-19-12-15/h3-5,7,11-12,17H,6,8-10H2,1-2H3. The van der Waals surface area contributed by atoms with E-state index >= 15 is 0 Å². The van der Waals surface area contributed by atoms with Crippen molar-refractivity contribution in [2.75, 3.05) is 19.7 Å². The van der Waals surface area contributed by atoms with Gasteiger partial charge in [0.05, 0.1) is 0 Å². The lowest BCUT2D eigenvalue weighted by molar-refractivity contribution is 0.312. The Balaban J connectivity index is 1.63. The molecule has 1 N–H and O–H groups in total. The molecule has 0 radical (unpaired) electrons. The number of benzene rings is 1. The molecule has 0 saturated heterocycles. The topological polar surface area (TPSA) is 21.3 Å². The molecule has 102 valence electrons. The van der Waals surface area contributed by atoms with Crippen LogP contribution in [0.3, 0.4) is 0 Å². The molecule has 1 aromatic carbocycles. The van der Waals surface area contributed by atoms with Crippen LogP contribution in [-0.2, 0) is 6.42 Å². The molecule has 2 nitrogen and oxygen atoms in total. The molecular weight excluding hydrogens is 254 g/mol. The molecule has 0 fully saturated rings. The summed E-state index contributed by atoms with van der Waals surface area (Å²) in [5, 5.41) is 7.73. The highest BCUT2D eigenvalue weighted by atomic mass is 32.1. The van der Waals surface area contributed by atoms with Crippen LogP contribution in [0.2, 0.25) is 0 Å². The van der Waals surface area contributed by atoms with Gasteiger partial charge in [0.1, 0.15) is 12.4 Å². The Morgan fingerprint density at radius 3 is 2.84 bits per heavy atom. The molecule has 0 aliphatic rings. The fourth-order valence-corrected chi connectivity index (χ4v) is 2.61. The van der Waals surface area contributed by atoms with Crippen molar-refractivity contribution in [2.24, 2.45) is 0 Å². The van der Waals surface area contributed by atoms with Gasteiger partial charge in [-0.15, -0.1) is 0 Å². The number of hydrogen-bond acceptors (Lipinski definition) is 3. The van der Waals surface area contributed by atoms with Crippen LogP contribution in [0.25, 0.3) is 0 Å². The van der Waals surface area contributed by atoms with E-state index in [9.17, 15) is 0 Å². The Kier molecular flexibility index (Phi) is 5.43. The Morgan fingerprint density at radius 1 is 1.16 bits per heavy atom. The number of nitrogens with one attached hydrogen (secondary N) is 1. The van der Waals surface area contributed by atoms with E-state index in [0.29, 0.717) is 6.61 Å². The third kappa shape index (κ3) is 4.37. The zero-order valence-electron chi connectivity index (χ0n) is 11.6. The molecule has 0 amide bonds. The maximum atomic E-state index is 5.79. The molecule has 1 aromatic heterocycles. The highest BCUT2D eigenvalue weighted by Crippen LogP contribution is 2.20. The summed E-state index contributed by atoms with van der Waals surface area (Å²) in [6.07, 6.45) is 1.09. The predicted octanol–water partition coefficient (Wildman–Crippen LogP) is 3.58. The van der Waals surface area contributed by atoms with E-state index in [0.717, 1.165) is 25.3 Å². The van der Waals surface area contributed by atoms with Gasteiger partial charge in [0, 0.05) is 6.54 Å². The third-order valence-corrected chi connectivity index (χ3v) is 3.99. The molecule has 2 aromatic rings. The molecule has 0 saturated carbocycles. The largest absolute Gasteiger partial charge is 0.492 e. The zero-order chi connectivity index (χ0) is 13.5. The molecule has 0 aliphatic heterocycles. The van der Waals surface area contributed by atoms with Gasteiger partial charge in [-0.3, -0.25) is 0 Å². The van der Waals surface area contributed by atoms with Crippen LogP contribution in [-0.4, -0.2) is 19.7 Å². The number of rotatable bonds is 7. The van der Waals surface area contributed by atoms with Crippen molar-refractivity contribution in [1.82, 2.24) is 5.32 Å². The molecule has 0 atom stereocenters. The summed E-state index contributed by atoms with van der Waals surface area (Å²) in [5.41, 5.74) is 3.93. The van der Waals surface area contributed by atoms with E-state index in [-0.39, 0.29) is 0 Å². The lowest BCUT2D eigenvalue weighted by atomic mass is 10.1. The maximum Gasteiger partial charge on any atom is 0.122 e. The van der Waals surface area contributed by atoms with Crippen LogP contribution in [0, 0.1) is 13.8 Å². The van der Waals surface area contributed by atoms with E-state index in [1.807, 2.05) is 12.1 Å². The minimum absolute atomic E-state index is 0.716. The molecule has 2 rings (SSSR count). The summed E-state index contributed by atoms with van der Waals surface area (Å²) >= 11 is 1.76. The van der Waals surface area contributed by atoms with Crippen LogP contribution in [0.1, 0.15) is 16.7 Å². The van der Waals surface area contributed by atoms with Gasteiger partial charge in [0.25, 0.3) is 0 Å². The van der Waals surface area contributed by atoms with Gasteiger partial charge < -0.3 is 10.1 Å². The second kappa shape index (κ2) is 7.31. The van der Waals surface area contributed by atoms with Crippen molar-refractivity contribution in [3.05, 3.63) is 51.7 Å². The van der Waals surface area contributed by atoms with Gasteiger partial charge in [-0.2, -0.15) is 11.3 Å². The van der Waals surface area contributed by atoms with Crippen molar-refractivity contribution >= 4 is 11.3 Å². The third-order valence-electron chi connectivity index (χ3n) is 3.26. The molecule has 0 unspecified atom stereocenters. The summed E-state index contributed by atoms with van der Waals surface area (Å²) < 4.78 is 5.79. The Hall–Kier alpha value is -1.32. The second-order valence-corrected chi connectivity index (χ2v) is 5.46. The minimum Gasteiger partial charge on any atom is -0.492 e. The van der Waals surface area contributed by atoms with Crippen LogP contribution in [0.15, 0.2) is 35.0 Å². The number of hydrogen-bond donors (Lipinski definition) is 1. The average molecular weight is 275 g/mol. The van der Waals surface area contributed by atoms with Gasteiger partial charge in [0.2, 0.25) is 0 Å². The zero-order valence-corrected chi connectivity index (χ0v) is 12.4. The van der Waals surface area contributed by atoms with Crippen LogP contribution in [0.5, 0.6) is 5.75 Å². The Morgan fingerprint density at radius 2 is 2.05 bits per heavy atom. The SMILES string of the molecule is Cc1cccc(OCCNCCc2ccsc2)c1C. The van der Waals surface area contributed by atoms with E-state index in [1.165, 1.54) is 16.7 Å². The fourth-order valence-electron chi connectivity index (χ4n) is 1.91. The summed E-state index contributed by atoms with van der Waals surface area (Å²) in [5.74, 6) is 1.000. The van der Waals surface area contributed by atoms with Crippen molar-refractivity contribution in [2.45, 2.75) is 20.3 Å². The van der Waals surface area contributed by atoms with E-state index < -0.39 is 0 Å². The predicted molar refractivity (Wildman–Crippen MR) is 82.3 cm³/mol. The van der Waals surface area contributed by atoms with Gasteiger partial charge in [-0.1, -0.05) is 12.1 Å². The first-order valence-corrected chi connectivity index (χ1v) is 7.62. The minimum atomic E-state index is 0.716. The van der Waals surface area contributed by atoms with Gasteiger partial charge in [-0.05, 0) is 66.4 Å². The average Bonchev–Trinajstić information content (AvgIpc) is 2.91. The van der Waals surface area contributed by atoms with Crippen molar-refractivity contribution in [3.8, 4) is 5.75 Å². The Bertz CT molecular complexity index is 493. The molecule has 3 heteroatoms. The molecular formula is C16H21NOS. The van der Waals surface area contributed by atoms with Crippen molar-refractivity contribution in [3.63, 3.8) is 0 Å². The fraction of sp³-hybridized carbons (Fsp3) is 0.375. The molecule has 0 bridgehead atoms. The number of thiophene rings is 1. The van der Waals surface area contributed by atoms with Crippen LogP contribution in [0.4, 0.5) is 0 Å². The monoisotopic (exact) mass is 275 g/mol. The van der Waals surface area contributed by atoms with E-state index in [1.54, 1.807) is 11.3 Å². The second-order valence-electron chi connectivity index (χ2n) is 4.68. The molecule has 19 heavy (non-hydrogen) atoms. The van der Waals surface area contributed by atoms with E-state index in [2.05, 4.69) is 42.1 Å². The molecule has 1 heterocycles. The lowest BCUT2D eigenvalue weighted by Gasteiger charge is -2.11. The molecule has 0 aliphatic carbocycles. The smallest absolute Gasteiger partial charge is 0.122 e. The first-order valence-electron chi connectivity index (χ1n) is 6.68. The molecule has 0 spiro atoms. The van der Waals surface area contributed by atoms with Crippen molar-refractivity contribution < 1.29 is 4.74 Å². The summed E-state index contributed by atoms with van der Waals surface area (Å²) in [6.45, 7) is 6.83. The van der Waals surface area contributed by atoms with Gasteiger partial charge >= 0.3 is 0 Å². The highest BCUT2D eigenvalue weighted by Gasteiger charge is 2.00. The normalized spacial score (nSPS) is 10.6. The first-order chi connectivity index (χ1) is 9.27. The first kappa shape index (κ1) is 14.1. The Labute approximate surface area is 119 Å². The summed E-state index contributed by atoms with van der Waals surface area (Å²) in [7, 11) is 0.